The number of likely N-dealkylation sites (N-methyl/N-ethyl adjacent to an activating group) is 1. The van der Waals surface area contributed by atoms with Gasteiger partial charge in [-0.1, -0.05) is 12.5 Å². The third kappa shape index (κ3) is 3.58. The lowest BCUT2D eigenvalue weighted by Crippen LogP contribution is -2.34. The van der Waals surface area contributed by atoms with Crippen LogP contribution >= 0.6 is 0 Å². The maximum atomic E-state index is 4.14. The molecule has 2 bridgehead atoms. The molecular weight excluding hydrogens is 246 g/mol. The van der Waals surface area contributed by atoms with E-state index in [1.807, 2.05) is 18.5 Å². The van der Waals surface area contributed by atoms with Gasteiger partial charge in [0.15, 0.2) is 0 Å². The first-order chi connectivity index (χ1) is 9.81. The van der Waals surface area contributed by atoms with E-state index in [2.05, 4.69) is 28.3 Å². The van der Waals surface area contributed by atoms with E-state index in [1.165, 1.54) is 37.8 Å². The van der Waals surface area contributed by atoms with E-state index in [0.29, 0.717) is 0 Å². The molecule has 2 aliphatic carbocycles. The number of rotatable bonds is 7. The van der Waals surface area contributed by atoms with Gasteiger partial charge < -0.3 is 10.2 Å². The summed E-state index contributed by atoms with van der Waals surface area (Å²) in [5.41, 5.74) is 1.27. The predicted molar refractivity (Wildman–Crippen MR) is 82.4 cm³/mol. The molecule has 2 fully saturated rings. The summed E-state index contributed by atoms with van der Waals surface area (Å²) in [5.74, 6) is 3.10. The van der Waals surface area contributed by atoms with Gasteiger partial charge in [-0.15, -0.1) is 0 Å². The van der Waals surface area contributed by atoms with Crippen LogP contribution < -0.4 is 5.32 Å². The van der Waals surface area contributed by atoms with Crippen molar-refractivity contribution in [2.75, 3.05) is 26.7 Å². The van der Waals surface area contributed by atoms with Crippen LogP contribution in [-0.2, 0) is 6.54 Å². The molecule has 1 aromatic rings. The molecule has 1 N–H and O–H groups in total. The Morgan fingerprint density at radius 1 is 1.35 bits per heavy atom. The van der Waals surface area contributed by atoms with Gasteiger partial charge in [0.2, 0.25) is 0 Å². The van der Waals surface area contributed by atoms with E-state index in [9.17, 15) is 0 Å². The average molecular weight is 273 g/mol. The number of hydrogen-bond acceptors (Lipinski definition) is 3. The number of hydrogen-bond donors (Lipinski definition) is 1. The molecule has 3 atom stereocenters. The summed E-state index contributed by atoms with van der Waals surface area (Å²) in [6, 6.07) is 4.12. The Bertz CT molecular complexity index is 406. The first-order valence-corrected chi connectivity index (χ1v) is 8.09. The Hall–Kier alpha value is -0.930. The Kier molecular flexibility index (Phi) is 4.69. The van der Waals surface area contributed by atoms with Gasteiger partial charge in [-0.3, -0.25) is 4.98 Å². The molecule has 0 spiro atoms. The fourth-order valence-electron chi connectivity index (χ4n) is 4.10. The van der Waals surface area contributed by atoms with E-state index < -0.39 is 0 Å². The van der Waals surface area contributed by atoms with Gasteiger partial charge in [-0.25, -0.2) is 0 Å². The van der Waals surface area contributed by atoms with Crippen molar-refractivity contribution in [1.29, 1.82) is 0 Å². The second kappa shape index (κ2) is 6.68. The summed E-state index contributed by atoms with van der Waals surface area (Å²) in [4.78, 5) is 6.65. The summed E-state index contributed by atoms with van der Waals surface area (Å²) < 4.78 is 0. The van der Waals surface area contributed by atoms with Gasteiger partial charge in [-0.05, 0) is 55.7 Å². The van der Waals surface area contributed by atoms with Crippen molar-refractivity contribution in [2.24, 2.45) is 17.8 Å². The van der Waals surface area contributed by atoms with Crippen molar-refractivity contribution >= 4 is 0 Å². The van der Waals surface area contributed by atoms with Gasteiger partial charge in [0, 0.05) is 38.6 Å². The molecule has 0 saturated heterocycles. The number of nitrogens with one attached hydrogen (secondary N) is 1. The molecule has 1 aromatic heterocycles. The van der Waals surface area contributed by atoms with Gasteiger partial charge >= 0.3 is 0 Å². The Balaban J connectivity index is 1.30. The van der Waals surface area contributed by atoms with E-state index in [4.69, 9.17) is 0 Å². The molecule has 3 rings (SSSR count). The zero-order valence-corrected chi connectivity index (χ0v) is 12.6. The van der Waals surface area contributed by atoms with Gasteiger partial charge in [0.1, 0.15) is 0 Å². The van der Waals surface area contributed by atoms with Crippen LogP contribution in [0.2, 0.25) is 0 Å². The van der Waals surface area contributed by atoms with Crippen molar-refractivity contribution in [3.8, 4) is 0 Å². The van der Waals surface area contributed by atoms with Crippen molar-refractivity contribution in [2.45, 2.75) is 32.2 Å². The van der Waals surface area contributed by atoms with Crippen LogP contribution in [0.3, 0.4) is 0 Å². The summed E-state index contributed by atoms with van der Waals surface area (Å²) in [6.45, 7) is 4.44. The number of aromatic nitrogens is 1. The molecule has 0 aliphatic heterocycles. The Labute approximate surface area is 122 Å². The molecule has 110 valence electrons. The van der Waals surface area contributed by atoms with Crippen LogP contribution in [-0.4, -0.2) is 36.6 Å². The van der Waals surface area contributed by atoms with Crippen molar-refractivity contribution in [3.05, 3.63) is 30.1 Å². The summed E-state index contributed by atoms with van der Waals surface area (Å²) in [6.07, 6.45) is 9.80. The SMILES string of the molecule is CN(CCNCc1cccnc1)CC1CC2CCC1C2. The zero-order valence-electron chi connectivity index (χ0n) is 12.6. The first kappa shape index (κ1) is 14.0. The lowest BCUT2D eigenvalue weighted by atomic mass is 9.88. The zero-order chi connectivity index (χ0) is 13.8. The normalized spacial score (nSPS) is 28.4. The fourth-order valence-corrected chi connectivity index (χ4v) is 4.10. The topological polar surface area (TPSA) is 28.2 Å². The highest BCUT2D eigenvalue weighted by Gasteiger charge is 2.39. The smallest absolute Gasteiger partial charge is 0.0312 e. The van der Waals surface area contributed by atoms with Gasteiger partial charge in [0.05, 0.1) is 0 Å². The average Bonchev–Trinajstić information content (AvgIpc) is 3.07. The minimum absolute atomic E-state index is 0.926. The highest BCUT2D eigenvalue weighted by molar-refractivity contribution is 5.07. The molecule has 20 heavy (non-hydrogen) atoms. The van der Waals surface area contributed by atoms with Gasteiger partial charge in [0.25, 0.3) is 0 Å². The third-order valence-corrected chi connectivity index (χ3v) is 5.15. The standard InChI is InChI=1S/C17H27N3/c1-20(13-17-10-14-4-5-16(17)9-14)8-7-19-12-15-3-2-6-18-11-15/h2-3,6,11,14,16-17,19H,4-5,7-10,12-13H2,1H3. The highest BCUT2D eigenvalue weighted by atomic mass is 15.1. The molecule has 2 aliphatic rings. The first-order valence-electron chi connectivity index (χ1n) is 8.09. The minimum atomic E-state index is 0.926. The number of fused-ring (bicyclic) bond motifs is 2. The fraction of sp³-hybridized carbons (Fsp3) is 0.706. The summed E-state index contributed by atoms with van der Waals surface area (Å²) in [5, 5.41) is 3.51. The predicted octanol–water partition coefficient (Wildman–Crippen LogP) is 2.54. The van der Waals surface area contributed by atoms with Crippen LogP contribution in [0.4, 0.5) is 0 Å². The minimum Gasteiger partial charge on any atom is -0.311 e. The Morgan fingerprint density at radius 3 is 3.00 bits per heavy atom. The molecule has 2 saturated carbocycles. The third-order valence-electron chi connectivity index (χ3n) is 5.15. The maximum Gasteiger partial charge on any atom is 0.0312 e. The highest BCUT2D eigenvalue weighted by Crippen LogP contribution is 2.48. The molecule has 0 amide bonds. The second-order valence-electron chi connectivity index (χ2n) is 6.74. The van der Waals surface area contributed by atoms with Crippen LogP contribution in [0.5, 0.6) is 0 Å². The van der Waals surface area contributed by atoms with E-state index >= 15 is 0 Å². The van der Waals surface area contributed by atoms with E-state index in [-0.39, 0.29) is 0 Å². The number of nitrogens with zero attached hydrogens (tertiary/aromatic N) is 2. The molecule has 3 unspecified atom stereocenters. The van der Waals surface area contributed by atoms with Crippen molar-refractivity contribution in [1.82, 2.24) is 15.2 Å². The lowest BCUT2D eigenvalue weighted by Gasteiger charge is -2.27. The molecular formula is C17H27N3. The van der Waals surface area contributed by atoms with E-state index in [1.54, 1.807) is 0 Å². The monoisotopic (exact) mass is 273 g/mol. The summed E-state index contributed by atoms with van der Waals surface area (Å²) >= 11 is 0. The molecule has 0 radical (unpaired) electrons. The largest absolute Gasteiger partial charge is 0.311 e. The second-order valence-corrected chi connectivity index (χ2v) is 6.74. The quantitative estimate of drug-likeness (QED) is 0.774. The van der Waals surface area contributed by atoms with Crippen molar-refractivity contribution in [3.63, 3.8) is 0 Å². The van der Waals surface area contributed by atoms with Gasteiger partial charge in [-0.2, -0.15) is 0 Å². The molecule has 1 heterocycles. The van der Waals surface area contributed by atoms with Crippen molar-refractivity contribution < 1.29 is 0 Å². The molecule has 3 heteroatoms. The van der Waals surface area contributed by atoms with Crippen LogP contribution in [0.25, 0.3) is 0 Å². The maximum absolute atomic E-state index is 4.14. The summed E-state index contributed by atoms with van der Waals surface area (Å²) in [7, 11) is 2.28. The molecule has 0 aromatic carbocycles. The van der Waals surface area contributed by atoms with Crippen LogP contribution in [0, 0.1) is 17.8 Å². The van der Waals surface area contributed by atoms with Crippen LogP contribution in [0.1, 0.15) is 31.2 Å². The van der Waals surface area contributed by atoms with E-state index in [0.717, 1.165) is 37.4 Å². The Morgan fingerprint density at radius 2 is 2.30 bits per heavy atom. The number of pyridine rings is 1. The molecule has 3 nitrogen and oxygen atoms in total. The lowest BCUT2D eigenvalue weighted by molar-refractivity contribution is 0.220. The van der Waals surface area contributed by atoms with Crippen LogP contribution in [0.15, 0.2) is 24.5 Å².